The van der Waals surface area contributed by atoms with Gasteiger partial charge in [0.25, 0.3) is 0 Å². The SMILES string of the molecule is NCC[C@H](O)COCc1ccccc1. The number of rotatable bonds is 6. The Kier molecular flexibility index (Phi) is 5.22. The first kappa shape index (κ1) is 11.2. The fraction of sp³-hybridized carbons (Fsp3) is 0.455. The molecule has 1 atom stereocenters. The minimum Gasteiger partial charge on any atom is -0.391 e. The Labute approximate surface area is 84.5 Å². The predicted molar refractivity (Wildman–Crippen MR) is 55.8 cm³/mol. The van der Waals surface area contributed by atoms with Gasteiger partial charge in [0.05, 0.1) is 19.3 Å². The first-order chi connectivity index (χ1) is 6.83. The van der Waals surface area contributed by atoms with Crippen LogP contribution in [-0.2, 0) is 11.3 Å². The fourth-order valence-electron chi connectivity index (χ4n) is 1.16. The Balaban J connectivity index is 2.16. The van der Waals surface area contributed by atoms with Crippen LogP contribution in [0.5, 0.6) is 0 Å². The van der Waals surface area contributed by atoms with Crippen LogP contribution in [0.15, 0.2) is 30.3 Å². The number of ether oxygens (including phenoxy) is 1. The number of hydrogen-bond donors (Lipinski definition) is 2. The second-order valence-corrected chi connectivity index (χ2v) is 3.23. The highest BCUT2D eigenvalue weighted by molar-refractivity contribution is 5.13. The van der Waals surface area contributed by atoms with Gasteiger partial charge in [-0.15, -0.1) is 0 Å². The lowest BCUT2D eigenvalue weighted by Crippen LogP contribution is -2.19. The maximum Gasteiger partial charge on any atom is 0.0785 e. The Bertz CT molecular complexity index is 238. The van der Waals surface area contributed by atoms with E-state index in [2.05, 4.69) is 0 Å². The molecule has 0 radical (unpaired) electrons. The van der Waals surface area contributed by atoms with Crippen LogP contribution in [0, 0.1) is 0 Å². The van der Waals surface area contributed by atoms with E-state index in [0.29, 0.717) is 26.2 Å². The van der Waals surface area contributed by atoms with E-state index in [1.165, 1.54) is 0 Å². The Hall–Kier alpha value is -0.900. The van der Waals surface area contributed by atoms with Gasteiger partial charge < -0.3 is 15.6 Å². The predicted octanol–water partition coefficient (Wildman–Crippen LogP) is 0.913. The summed E-state index contributed by atoms with van der Waals surface area (Å²) < 4.78 is 5.33. The lowest BCUT2D eigenvalue weighted by Gasteiger charge is -2.09. The third kappa shape index (κ3) is 4.37. The molecular formula is C11H17NO2. The third-order valence-electron chi connectivity index (χ3n) is 1.92. The Morgan fingerprint density at radius 3 is 2.64 bits per heavy atom. The average Bonchev–Trinajstić information content (AvgIpc) is 2.20. The quantitative estimate of drug-likeness (QED) is 0.709. The average molecular weight is 195 g/mol. The van der Waals surface area contributed by atoms with Crippen molar-refractivity contribution in [3.8, 4) is 0 Å². The number of benzene rings is 1. The van der Waals surface area contributed by atoms with E-state index in [0.717, 1.165) is 5.56 Å². The van der Waals surface area contributed by atoms with Gasteiger partial charge in [-0.05, 0) is 18.5 Å². The second-order valence-electron chi connectivity index (χ2n) is 3.23. The van der Waals surface area contributed by atoms with Crippen molar-refractivity contribution in [3.05, 3.63) is 35.9 Å². The normalized spacial score (nSPS) is 12.7. The molecule has 0 unspecified atom stereocenters. The van der Waals surface area contributed by atoms with Crippen molar-refractivity contribution in [3.63, 3.8) is 0 Å². The van der Waals surface area contributed by atoms with Gasteiger partial charge in [-0.3, -0.25) is 0 Å². The molecule has 0 aliphatic carbocycles. The topological polar surface area (TPSA) is 55.5 Å². The molecule has 0 bridgehead atoms. The molecule has 3 nitrogen and oxygen atoms in total. The van der Waals surface area contributed by atoms with Gasteiger partial charge in [0.1, 0.15) is 0 Å². The zero-order chi connectivity index (χ0) is 10.2. The van der Waals surface area contributed by atoms with Crippen LogP contribution < -0.4 is 5.73 Å². The van der Waals surface area contributed by atoms with Crippen LogP contribution in [0.25, 0.3) is 0 Å². The molecule has 1 aromatic carbocycles. The van der Waals surface area contributed by atoms with E-state index < -0.39 is 6.10 Å². The van der Waals surface area contributed by atoms with Gasteiger partial charge in [0.15, 0.2) is 0 Å². The highest BCUT2D eigenvalue weighted by Crippen LogP contribution is 2.01. The molecule has 0 fully saturated rings. The van der Waals surface area contributed by atoms with Gasteiger partial charge in [-0.1, -0.05) is 30.3 Å². The van der Waals surface area contributed by atoms with Crippen LogP contribution >= 0.6 is 0 Å². The molecule has 0 heterocycles. The zero-order valence-electron chi connectivity index (χ0n) is 8.23. The van der Waals surface area contributed by atoms with Crippen molar-refractivity contribution in [1.29, 1.82) is 0 Å². The molecule has 3 heteroatoms. The Morgan fingerprint density at radius 2 is 2.00 bits per heavy atom. The fourth-order valence-corrected chi connectivity index (χ4v) is 1.16. The number of nitrogens with two attached hydrogens (primary N) is 1. The maximum atomic E-state index is 9.32. The first-order valence-corrected chi connectivity index (χ1v) is 4.82. The summed E-state index contributed by atoms with van der Waals surface area (Å²) in [5.41, 5.74) is 6.41. The van der Waals surface area contributed by atoms with Crippen LogP contribution in [-0.4, -0.2) is 24.4 Å². The highest BCUT2D eigenvalue weighted by Gasteiger charge is 2.02. The van der Waals surface area contributed by atoms with Crippen LogP contribution in [0.4, 0.5) is 0 Å². The van der Waals surface area contributed by atoms with Gasteiger partial charge in [-0.25, -0.2) is 0 Å². The lowest BCUT2D eigenvalue weighted by molar-refractivity contribution is 0.0258. The molecule has 0 saturated heterocycles. The van der Waals surface area contributed by atoms with Crippen LogP contribution in [0.3, 0.4) is 0 Å². The maximum absolute atomic E-state index is 9.32. The summed E-state index contributed by atoms with van der Waals surface area (Å²) in [5.74, 6) is 0. The summed E-state index contributed by atoms with van der Waals surface area (Å²) in [5, 5.41) is 9.32. The van der Waals surface area contributed by atoms with Crippen LogP contribution in [0.1, 0.15) is 12.0 Å². The first-order valence-electron chi connectivity index (χ1n) is 4.82. The van der Waals surface area contributed by atoms with E-state index >= 15 is 0 Å². The highest BCUT2D eigenvalue weighted by atomic mass is 16.5. The van der Waals surface area contributed by atoms with Crippen molar-refractivity contribution >= 4 is 0 Å². The third-order valence-corrected chi connectivity index (χ3v) is 1.92. The molecule has 1 aromatic rings. The summed E-state index contributed by atoms with van der Waals surface area (Å²) in [6.45, 7) is 1.39. The van der Waals surface area contributed by atoms with E-state index in [1.54, 1.807) is 0 Å². The summed E-state index contributed by atoms with van der Waals surface area (Å²) in [6, 6.07) is 9.89. The molecule has 78 valence electrons. The minimum atomic E-state index is -0.441. The van der Waals surface area contributed by atoms with Gasteiger partial charge in [0, 0.05) is 0 Å². The number of hydrogen-bond acceptors (Lipinski definition) is 3. The summed E-state index contributed by atoms with van der Waals surface area (Å²) in [4.78, 5) is 0. The smallest absolute Gasteiger partial charge is 0.0785 e. The van der Waals surface area contributed by atoms with Crippen molar-refractivity contribution in [2.24, 2.45) is 5.73 Å². The molecular weight excluding hydrogens is 178 g/mol. The number of aliphatic hydroxyl groups excluding tert-OH is 1. The summed E-state index contributed by atoms with van der Waals surface area (Å²) in [7, 11) is 0. The number of aliphatic hydroxyl groups is 1. The van der Waals surface area contributed by atoms with Gasteiger partial charge >= 0.3 is 0 Å². The molecule has 0 aliphatic heterocycles. The lowest BCUT2D eigenvalue weighted by atomic mass is 10.2. The molecule has 0 aromatic heterocycles. The zero-order valence-corrected chi connectivity index (χ0v) is 8.23. The van der Waals surface area contributed by atoms with Crippen molar-refractivity contribution in [2.75, 3.05) is 13.2 Å². The van der Waals surface area contributed by atoms with E-state index in [9.17, 15) is 5.11 Å². The second kappa shape index (κ2) is 6.54. The standard InChI is InChI=1S/C11H17NO2/c12-7-6-11(13)9-14-8-10-4-2-1-3-5-10/h1-5,11,13H,6-9,12H2/t11-/m0/s1. The van der Waals surface area contributed by atoms with E-state index in [1.807, 2.05) is 30.3 Å². The van der Waals surface area contributed by atoms with Gasteiger partial charge in [0.2, 0.25) is 0 Å². The van der Waals surface area contributed by atoms with E-state index in [-0.39, 0.29) is 0 Å². The van der Waals surface area contributed by atoms with Crippen LogP contribution in [0.2, 0.25) is 0 Å². The van der Waals surface area contributed by atoms with Crippen molar-refractivity contribution < 1.29 is 9.84 Å². The molecule has 1 rings (SSSR count). The monoisotopic (exact) mass is 195 g/mol. The largest absolute Gasteiger partial charge is 0.391 e. The summed E-state index contributed by atoms with van der Waals surface area (Å²) >= 11 is 0. The van der Waals surface area contributed by atoms with Gasteiger partial charge in [-0.2, -0.15) is 0 Å². The van der Waals surface area contributed by atoms with Crippen molar-refractivity contribution in [1.82, 2.24) is 0 Å². The molecule has 0 aliphatic rings. The molecule has 0 amide bonds. The summed E-state index contributed by atoms with van der Waals surface area (Å²) in [6.07, 6.45) is 0.151. The molecule has 0 saturated carbocycles. The minimum absolute atomic E-state index is 0.353. The van der Waals surface area contributed by atoms with Crippen molar-refractivity contribution in [2.45, 2.75) is 19.1 Å². The Morgan fingerprint density at radius 1 is 1.29 bits per heavy atom. The molecule has 3 N–H and O–H groups in total. The molecule has 14 heavy (non-hydrogen) atoms. The van der Waals surface area contributed by atoms with E-state index in [4.69, 9.17) is 10.5 Å². The molecule has 0 spiro atoms.